The first-order valence-corrected chi connectivity index (χ1v) is 9.47. The Balaban J connectivity index is 1.80. The number of nitrogens with zero attached hydrogens (tertiary/aromatic N) is 2. The monoisotopic (exact) mass is 369 g/mol. The average Bonchev–Trinajstić information content (AvgIpc) is 3.00. The van der Waals surface area contributed by atoms with Gasteiger partial charge in [-0.1, -0.05) is 48.9 Å². The van der Waals surface area contributed by atoms with E-state index in [-0.39, 0.29) is 11.9 Å². The Morgan fingerprint density at radius 3 is 2.73 bits per heavy atom. The molecule has 0 saturated heterocycles. The van der Waals surface area contributed by atoms with Gasteiger partial charge in [0.15, 0.2) is 0 Å². The lowest BCUT2D eigenvalue weighted by Gasteiger charge is -2.11. The van der Waals surface area contributed by atoms with Crippen molar-refractivity contribution in [3.8, 4) is 11.3 Å². The van der Waals surface area contributed by atoms with Gasteiger partial charge in [-0.2, -0.15) is 5.10 Å². The first-order chi connectivity index (χ1) is 12.6. The Bertz CT molecular complexity index is 889. The molecule has 26 heavy (non-hydrogen) atoms. The van der Waals surface area contributed by atoms with Crippen LogP contribution in [-0.4, -0.2) is 21.7 Å². The third kappa shape index (κ3) is 4.25. The van der Waals surface area contributed by atoms with Crippen LogP contribution in [-0.2, 0) is 11.3 Å². The molecule has 3 aromatic rings. The van der Waals surface area contributed by atoms with Crippen molar-refractivity contribution in [2.45, 2.75) is 45.7 Å². The van der Waals surface area contributed by atoms with Crippen molar-refractivity contribution in [3.63, 3.8) is 0 Å². The first-order valence-electron chi connectivity index (χ1n) is 9.09. The zero-order valence-electron chi connectivity index (χ0n) is 15.2. The number of carbonyl (C=O) groups is 1. The molecule has 0 aliphatic rings. The molecule has 3 rings (SSSR count). The SMILES string of the molecule is CCC(C)NC(=O)CCCn1nc(-c2ccccc2)c2cc(Cl)ccc21. The van der Waals surface area contributed by atoms with E-state index in [0.29, 0.717) is 18.0 Å². The number of hydrogen-bond donors (Lipinski definition) is 1. The molecule has 4 nitrogen and oxygen atoms in total. The van der Waals surface area contributed by atoms with E-state index in [1.807, 2.05) is 60.1 Å². The predicted octanol–water partition coefficient (Wildman–Crippen LogP) is 5.05. The van der Waals surface area contributed by atoms with Crippen molar-refractivity contribution in [2.75, 3.05) is 0 Å². The number of nitrogens with one attached hydrogen (secondary N) is 1. The van der Waals surface area contributed by atoms with E-state index >= 15 is 0 Å². The van der Waals surface area contributed by atoms with Gasteiger partial charge in [-0.25, -0.2) is 0 Å². The lowest BCUT2D eigenvalue weighted by molar-refractivity contribution is -0.121. The molecule has 2 aromatic carbocycles. The van der Waals surface area contributed by atoms with Crippen LogP contribution in [0.4, 0.5) is 0 Å². The summed E-state index contributed by atoms with van der Waals surface area (Å²) in [6.07, 6.45) is 2.19. The number of aromatic nitrogens is 2. The molecule has 1 atom stereocenters. The zero-order chi connectivity index (χ0) is 18.5. The molecule has 1 unspecified atom stereocenters. The molecule has 0 saturated carbocycles. The van der Waals surface area contributed by atoms with Gasteiger partial charge in [-0.3, -0.25) is 9.48 Å². The van der Waals surface area contributed by atoms with Crippen LogP contribution < -0.4 is 5.32 Å². The van der Waals surface area contributed by atoms with Crippen LogP contribution in [0.5, 0.6) is 0 Å². The predicted molar refractivity (Wildman–Crippen MR) is 107 cm³/mol. The highest BCUT2D eigenvalue weighted by atomic mass is 35.5. The van der Waals surface area contributed by atoms with Crippen molar-refractivity contribution in [1.29, 1.82) is 0 Å². The minimum absolute atomic E-state index is 0.0992. The third-order valence-electron chi connectivity index (χ3n) is 4.55. The van der Waals surface area contributed by atoms with E-state index in [2.05, 4.69) is 12.2 Å². The molecule has 136 valence electrons. The Kier molecular flexibility index (Phi) is 5.94. The standard InChI is InChI=1S/C21H24ClN3O/c1-3-15(2)23-20(26)10-7-13-25-19-12-11-17(22)14-18(19)21(24-25)16-8-5-4-6-9-16/h4-6,8-9,11-12,14-15H,3,7,10,13H2,1-2H3,(H,23,26). The smallest absolute Gasteiger partial charge is 0.220 e. The van der Waals surface area contributed by atoms with Gasteiger partial charge in [-0.05, 0) is 38.0 Å². The van der Waals surface area contributed by atoms with Crippen LogP contribution in [0.3, 0.4) is 0 Å². The summed E-state index contributed by atoms with van der Waals surface area (Å²) >= 11 is 6.21. The second-order valence-corrected chi connectivity index (χ2v) is 7.02. The largest absolute Gasteiger partial charge is 0.354 e. The molecule has 1 amide bonds. The average molecular weight is 370 g/mol. The van der Waals surface area contributed by atoms with Crippen molar-refractivity contribution in [3.05, 3.63) is 53.6 Å². The second-order valence-electron chi connectivity index (χ2n) is 6.58. The molecular formula is C21H24ClN3O. The van der Waals surface area contributed by atoms with Crippen LogP contribution in [0.2, 0.25) is 5.02 Å². The van der Waals surface area contributed by atoms with Gasteiger partial charge in [-0.15, -0.1) is 0 Å². The summed E-state index contributed by atoms with van der Waals surface area (Å²) in [7, 11) is 0. The quantitative estimate of drug-likeness (QED) is 0.633. The fourth-order valence-electron chi connectivity index (χ4n) is 2.97. The molecule has 1 aromatic heterocycles. The fourth-order valence-corrected chi connectivity index (χ4v) is 3.14. The van der Waals surface area contributed by atoms with Crippen LogP contribution >= 0.6 is 11.6 Å². The Hall–Kier alpha value is -2.33. The molecule has 0 aliphatic carbocycles. The number of carbonyl (C=O) groups excluding carboxylic acids is 1. The second kappa shape index (κ2) is 8.37. The molecule has 1 N–H and O–H groups in total. The van der Waals surface area contributed by atoms with Gasteiger partial charge < -0.3 is 5.32 Å². The highest BCUT2D eigenvalue weighted by molar-refractivity contribution is 6.31. The molecule has 0 aliphatic heterocycles. The minimum atomic E-state index is 0.0992. The molecule has 0 bridgehead atoms. The number of fused-ring (bicyclic) bond motifs is 1. The number of aryl methyl sites for hydroxylation is 1. The number of hydrogen-bond acceptors (Lipinski definition) is 2. The number of rotatable bonds is 7. The van der Waals surface area contributed by atoms with E-state index in [9.17, 15) is 4.79 Å². The zero-order valence-corrected chi connectivity index (χ0v) is 16.0. The van der Waals surface area contributed by atoms with Gasteiger partial charge in [0.05, 0.1) is 5.52 Å². The maximum Gasteiger partial charge on any atom is 0.220 e. The summed E-state index contributed by atoms with van der Waals surface area (Å²) in [6.45, 7) is 4.78. The lowest BCUT2D eigenvalue weighted by atomic mass is 10.1. The van der Waals surface area contributed by atoms with Crippen LogP contribution in [0.25, 0.3) is 22.2 Å². The molecule has 0 radical (unpaired) electrons. The third-order valence-corrected chi connectivity index (χ3v) is 4.79. The van der Waals surface area contributed by atoms with Crippen molar-refractivity contribution in [1.82, 2.24) is 15.1 Å². The maximum atomic E-state index is 12.0. The van der Waals surface area contributed by atoms with Crippen molar-refractivity contribution < 1.29 is 4.79 Å². The summed E-state index contributed by atoms with van der Waals surface area (Å²) in [6, 6.07) is 16.2. The van der Waals surface area contributed by atoms with Gasteiger partial charge in [0.25, 0.3) is 0 Å². The molecular weight excluding hydrogens is 346 g/mol. The number of benzene rings is 2. The lowest BCUT2D eigenvalue weighted by Crippen LogP contribution is -2.31. The summed E-state index contributed by atoms with van der Waals surface area (Å²) in [4.78, 5) is 12.0. The summed E-state index contributed by atoms with van der Waals surface area (Å²) in [5.74, 6) is 0.0992. The van der Waals surface area contributed by atoms with Crippen molar-refractivity contribution >= 4 is 28.4 Å². The van der Waals surface area contributed by atoms with E-state index < -0.39 is 0 Å². The van der Waals surface area contributed by atoms with Gasteiger partial charge in [0, 0.05) is 35.0 Å². The van der Waals surface area contributed by atoms with Crippen LogP contribution in [0.1, 0.15) is 33.1 Å². The highest BCUT2D eigenvalue weighted by Crippen LogP contribution is 2.30. The summed E-state index contributed by atoms with van der Waals surface area (Å²) in [5, 5.41) is 9.54. The van der Waals surface area contributed by atoms with Gasteiger partial charge in [0.1, 0.15) is 5.69 Å². The van der Waals surface area contributed by atoms with Crippen molar-refractivity contribution in [2.24, 2.45) is 0 Å². The van der Waals surface area contributed by atoms with E-state index in [0.717, 1.165) is 35.0 Å². The molecule has 5 heteroatoms. The highest BCUT2D eigenvalue weighted by Gasteiger charge is 2.13. The van der Waals surface area contributed by atoms with Crippen LogP contribution in [0, 0.1) is 0 Å². The van der Waals surface area contributed by atoms with E-state index in [1.165, 1.54) is 0 Å². The van der Waals surface area contributed by atoms with Gasteiger partial charge in [0.2, 0.25) is 5.91 Å². The Morgan fingerprint density at radius 2 is 2.00 bits per heavy atom. The van der Waals surface area contributed by atoms with Gasteiger partial charge >= 0.3 is 0 Å². The fraction of sp³-hybridized carbons (Fsp3) is 0.333. The molecule has 0 spiro atoms. The number of halogens is 1. The first kappa shape index (κ1) is 18.5. The molecule has 0 fully saturated rings. The minimum Gasteiger partial charge on any atom is -0.354 e. The van der Waals surface area contributed by atoms with Crippen LogP contribution in [0.15, 0.2) is 48.5 Å². The number of amides is 1. The summed E-state index contributed by atoms with van der Waals surface area (Å²) < 4.78 is 1.98. The van der Waals surface area contributed by atoms with E-state index in [1.54, 1.807) is 0 Å². The maximum absolute atomic E-state index is 12.0. The Labute approximate surface area is 159 Å². The topological polar surface area (TPSA) is 46.9 Å². The van der Waals surface area contributed by atoms with E-state index in [4.69, 9.17) is 16.7 Å². The molecule has 1 heterocycles. The Morgan fingerprint density at radius 1 is 1.23 bits per heavy atom. The summed E-state index contributed by atoms with van der Waals surface area (Å²) in [5.41, 5.74) is 3.02. The normalized spacial score (nSPS) is 12.3.